The van der Waals surface area contributed by atoms with Gasteiger partial charge in [-0.05, 0) is 0 Å². The lowest BCUT2D eigenvalue weighted by atomic mass is 10.4. The highest BCUT2D eigenvalue weighted by molar-refractivity contribution is 7.14. The number of thiazole rings is 1. The van der Waals surface area contributed by atoms with Crippen molar-refractivity contribution in [2.75, 3.05) is 0 Å². The lowest BCUT2D eigenvalue weighted by Crippen LogP contribution is -2.21. The standard InChI is InChI=1S/C10H14N4S/c1-7(2)13-5-8-6-14-10(15-8)9-11-3-4-12-9/h3-4,6-7,13H,5H2,1-2H3,(H,11,12). The van der Waals surface area contributed by atoms with Crippen LogP contribution in [-0.2, 0) is 6.54 Å². The summed E-state index contributed by atoms with van der Waals surface area (Å²) >= 11 is 1.67. The Kier molecular flexibility index (Phi) is 3.13. The minimum atomic E-state index is 0.499. The zero-order valence-corrected chi connectivity index (χ0v) is 9.64. The van der Waals surface area contributed by atoms with Gasteiger partial charge in [-0.2, -0.15) is 0 Å². The van der Waals surface area contributed by atoms with Crippen molar-refractivity contribution in [2.24, 2.45) is 0 Å². The molecule has 15 heavy (non-hydrogen) atoms. The van der Waals surface area contributed by atoms with E-state index < -0.39 is 0 Å². The van der Waals surface area contributed by atoms with E-state index in [9.17, 15) is 0 Å². The molecule has 0 aromatic carbocycles. The van der Waals surface area contributed by atoms with E-state index >= 15 is 0 Å². The molecule has 80 valence electrons. The van der Waals surface area contributed by atoms with Crippen molar-refractivity contribution in [3.8, 4) is 10.8 Å². The molecule has 0 saturated carbocycles. The van der Waals surface area contributed by atoms with Gasteiger partial charge in [-0.1, -0.05) is 13.8 Å². The summed E-state index contributed by atoms with van der Waals surface area (Å²) in [6, 6.07) is 0.499. The monoisotopic (exact) mass is 222 g/mol. The van der Waals surface area contributed by atoms with Crippen LogP contribution in [0.1, 0.15) is 18.7 Å². The number of nitrogens with one attached hydrogen (secondary N) is 2. The molecule has 2 aromatic rings. The first-order chi connectivity index (χ1) is 7.25. The van der Waals surface area contributed by atoms with Gasteiger partial charge >= 0.3 is 0 Å². The number of aromatic amines is 1. The van der Waals surface area contributed by atoms with Crippen molar-refractivity contribution in [3.05, 3.63) is 23.5 Å². The lowest BCUT2D eigenvalue weighted by Gasteiger charge is -2.04. The largest absolute Gasteiger partial charge is 0.343 e. The van der Waals surface area contributed by atoms with Gasteiger partial charge in [-0.15, -0.1) is 11.3 Å². The highest BCUT2D eigenvalue weighted by Crippen LogP contribution is 2.21. The van der Waals surface area contributed by atoms with Gasteiger partial charge in [0, 0.05) is 36.1 Å². The predicted octanol–water partition coefficient (Wildman–Crippen LogP) is 2.03. The van der Waals surface area contributed by atoms with E-state index in [1.54, 1.807) is 17.5 Å². The van der Waals surface area contributed by atoms with Crippen molar-refractivity contribution in [1.82, 2.24) is 20.3 Å². The Labute approximate surface area is 92.8 Å². The molecule has 4 nitrogen and oxygen atoms in total. The third-order valence-corrected chi connectivity index (χ3v) is 2.94. The Morgan fingerprint density at radius 1 is 1.47 bits per heavy atom. The normalized spacial score (nSPS) is 11.1. The quantitative estimate of drug-likeness (QED) is 0.832. The highest BCUT2D eigenvalue weighted by Gasteiger charge is 2.06. The number of hydrogen-bond donors (Lipinski definition) is 2. The highest BCUT2D eigenvalue weighted by atomic mass is 32.1. The molecule has 0 aliphatic carbocycles. The SMILES string of the molecule is CC(C)NCc1cnc(-c2ncc[nH]2)s1. The van der Waals surface area contributed by atoms with Crippen LogP contribution in [0.3, 0.4) is 0 Å². The molecule has 5 heteroatoms. The van der Waals surface area contributed by atoms with E-state index in [0.717, 1.165) is 17.4 Å². The second kappa shape index (κ2) is 4.55. The average molecular weight is 222 g/mol. The van der Waals surface area contributed by atoms with Crippen LogP contribution in [0.25, 0.3) is 10.8 Å². The number of nitrogens with zero attached hydrogens (tertiary/aromatic N) is 2. The summed E-state index contributed by atoms with van der Waals surface area (Å²) in [6.07, 6.45) is 5.45. The number of H-pyrrole nitrogens is 1. The van der Waals surface area contributed by atoms with Crippen LogP contribution in [0.15, 0.2) is 18.6 Å². The summed E-state index contributed by atoms with van der Waals surface area (Å²) in [5.74, 6) is 0.843. The third kappa shape index (κ3) is 2.64. The van der Waals surface area contributed by atoms with E-state index in [2.05, 4.69) is 34.1 Å². The first-order valence-electron chi connectivity index (χ1n) is 4.93. The number of rotatable bonds is 4. The summed E-state index contributed by atoms with van der Waals surface area (Å²) in [7, 11) is 0. The second-order valence-corrected chi connectivity index (χ2v) is 4.72. The van der Waals surface area contributed by atoms with Crippen LogP contribution >= 0.6 is 11.3 Å². The molecule has 0 unspecified atom stereocenters. The molecule has 0 aliphatic heterocycles. The van der Waals surface area contributed by atoms with Gasteiger partial charge in [0.05, 0.1) is 0 Å². The predicted molar refractivity (Wildman–Crippen MR) is 61.7 cm³/mol. The lowest BCUT2D eigenvalue weighted by molar-refractivity contribution is 0.593. The first kappa shape index (κ1) is 10.3. The summed E-state index contributed by atoms with van der Waals surface area (Å²) in [5, 5.41) is 4.31. The van der Waals surface area contributed by atoms with E-state index in [0.29, 0.717) is 6.04 Å². The maximum Gasteiger partial charge on any atom is 0.166 e. The molecule has 2 N–H and O–H groups in total. The Morgan fingerprint density at radius 3 is 3.00 bits per heavy atom. The first-order valence-corrected chi connectivity index (χ1v) is 5.75. The Morgan fingerprint density at radius 2 is 2.33 bits per heavy atom. The Hall–Kier alpha value is -1.20. The molecular formula is C10H14N4S. The molecule has 0 bridgehead atoms. The topological polar surface area (TPSA) is 53.6 Å². The summed E-state index contributed by atoms with van der Waals surface area (Å²) < 4.78 is 0. The molecule has 2 aromatic heterocycles. The maximum atomic E-state index is 4.32. The van der Waals surface area contributed by atoms with E-state index in [-0.39, 0.29) is 0 Å². The van der Waals surface area contributed by atoms with Gasteiger partial charge in [-0.25, -0.2) is 9.97 Å². The van der Waals surface area contributed by atoms with Crippen LogP contribution in [0, 0.1) is 0 Å². The number of aromatic nitrogens is 3. The zero-order valence-electron chi connectivity index (χ0n) is 8.82. The summed E-state index contributed by atoms with van der Waals surface area (Å²) in [4.78, 5) is 12.8. The molecular weight excluding hydrogens is 208 g/mol. The van der Waals surface area contributed by atoms with Crippen molar-refractivity contribution < 1.29 is 0 Å². The Balaban J connectivity index is 2.04. The second-order valence-electron chi connectivity index (χ2n) is 3.61. The van der Waals surface area contributed by atoms with Gasteiger partial charge < -0.3 is 10.3 Å². The van der Waals surface area contributed by atoms with Crippen LogP contribution in [-0.4, -0.2) is 21.0 Å². The summed E-state index contributed by atoms with van der Waals surface area (Å²) in [5.41, 5.74) is 0. The van der Waals surface area contributed by atoms with Crippen molar-refractivity contribution in [3.63, 3.8) is 0 Å². The van der Waals surface area contributed by atoms with Gasteiger partial charge in [0.1, 0.15) is 0 Å². The molecule has 0 radical (unpaired) electrons. The van der Waals surface area contributed by atoms with Crippen LogP contribution < -0.4 is 5.32 Å². The fraction of sp³-hybridized carbons (Fsp3) is 0.400. The molecule has 0 amide bonds. The van der Waals surface area contributed by atoms with E-state index in [1.165, 1.54) is 4.88 Å². The van der Waals surface area contributed by atoms with Crippen molar-refractivity contribution in [1.29, 1.82) is 0 Å². The van der Waals surface area contributed by atoms with E-state index in [1.807, 2.05) is 12.4 Å². The summed E-state index contributed by atoms with van der Waals surface area (Å²) in [6.45, 7) is 5.14. The molecule has 0 atom stereocenters. The fourth-order valence-corrected chi connectivity index (χ4v) is 2.01. The Bertz CT molecular complexity index is 405. The van der Waals surface area contributed by atoms with Gasteiger partial charge in [-0.3, -0.25) is 0 Å². The number of imidazole rings is 1. The van der Waals surface area contributed by atoms with Crippen molar-refractivity contribution in [2.45, 2.75) is 26.4 Å². The smallest absolute Gasteiger partial charge is 0.166 e. The minimum Gasteiger partial charge on any atom is -0.343 e. The van der Waals surface area contributed by atoms with Crippen molar-refractivity contribution >= 4 is 11.3 Å². The maximum absolute atomic E-state index is 4.32. The van der Waals surface area contributed by atoms with Crippen LogP contribution in [0.5, 0.6) is 0 Å². The average Bonchev–Trinajstić information content (AvgIpc) is 2.85. The van der Waals surface area contributed by atoms with Crippen LogP contribution in [0.4, 0.5) is 0 Å². The molecule has 2 heterocycles. The van der Waals surface area contributed by atoms with Crippen LogP contribution in [0.2, 0.25) is 0 Å². The molecule has 2 rings (SSSR count). The minimum absolute atomic E-state index is 0.499. The van der Waals surface area contributed by atoms with Gasteiger partial charge in [0.15, 0.2) is 10.8 Å². The molecule has 0 aliphatic rings. The van der Waals surface area contributed by atoms with Gasteiger partial charge in [0.2, 0.25) is 0 Å². The molecule has 0 spiro atoms. The third-order valence-electron chi connectivity index (χ3n) is 1.94. The zero-order chi connectivity index (χ0) is 10.7. The fourth-order valence-electron chi connectivity index (χ4n) is 1.19. The molecule has 0 fully saturated rings. The van der Waals surface area contributed by atoms with E-state index in [4.69, 9.17) is 0 Å². The number of hydrogen-bond acceptors (Lipinski definition) is 4. The van der Waals surface area contributed by atoms with Gasteiger partial charge in [0.25, 0.3) is 0 Å². The molecule has 0 saturated heterocycles.